The predicted molar refractivity (Wildman–Crippen MR) is 77.4 cm³/mol. The minimum absolute atomic E-state index is 0.264. The number of carboxylic acids is 1. The first-order valence-electron chi connectivity index (χ1n) is 6.50. The summed E-state index contributed by atoms with van der Waals surface area (Å²) < 4.78 is 1.73. The highest BCUT2D eigenvalue weighted by Crippen LogP contribution is 2.24. The SMILES string of the molecule is CCc1c(C(=O)O)cnn1-c1cccc2ccccc12. The molecule has 4 heteroatoms. The standard InChI is InChI=1S/C16H14N2O2/c1-2-14-13(16(19)20)10-17-18(14)15-9-5-7-11-6-3-4-8-12(11)15/h3-10H,2H2,1H3,(H,19,20). The Bertz CT molecular complexity index is 785. The number of benzene rings is 2. The summed E-state index contributed by atoms with van der Waals surface area (Å²) in [6.07, 6.45) is 2.04. The molecule has 1 aromatic heterocycles. The lowest BCUT2D eigenvalue weighted by atomic mass is 10.1. The van der Waals surface area contributed by atoms with E-state index in [0.717, 1.165) is 16.5 Å². The number of aromatic carboxylic acids is 1. The number of nitrogens with zero attached hydrogens (tertiary/aromatic N) is 2. The van der Waals surface area contributed by atoms with Gasteiger partial charge in [0.2, 0.25) is 0 Å². The van der Waals surface area contributed by atoms with Gasteiger partial charge < -0.3 is 5.11 Å². The van der Waals surface area contributed by atoms with Crippen LogP contribution in [0.3, 0.4) is 0 Å². The van der Waals surface area contributed by atoms with E-state index in [2.05, 4.69) is 5.10 Å². The molecule has 0 aliphatic rings. The average molecular weight is 266 g/mol. The molecule has 0 bridgehead atoms. The summed E-state index contributed by atoms with van der Waals surface area (Å²) in [5.41, 5.74) is 1.89. The Morgan fingerprint density at radius 1 is 1.20 bits per heavy atom. The van der Waals surface area contributed by atoms with Gasteiger partial charge in [0.05, 0.1) is 17.6 Å². The van der Waals surface area contributed by atoms with Gasteiger partial charge in [-0.05, 0) is 17.9 Å². The van der Waals surface area contributed by atoms with Crippen LogP contribution in [0.25, 0.3) is 16.5 Å². The van der Waals surface area contributed by atoms with Crippen LogP contribution < -0.4 is 0 Å². The number of hydrogen-bond donors (Lipinski definition) is 1. The van der Waals surface area contributed by atoms with Gasteiger partial charge in [0.25, 0.3) is 0 Å². The monoisotopic (exact) mass is 266 g/mol. The highest BCUT2D eigenvalue weighted by Gasteiger charge is 2.17. The normalized spacial score (nSPS) is 10.8. The lowest BCUT2D eigenvalue weighted by Crippen LogP contribution is -2.06. The Labute approximate surface area is 116 Å². The van der Waals surface area contributed by atoms with Gasteiger partial charge in [-0.1, -0.05) is 43.3 Å². The van der Waals surface area contributed by atoms with E-state index in [4.69, 9.17) is 0 Å². The van der Waals surface area contributed by atoms with E-state index in [1.54, 1.807) is 4.68 Å². The number of aromatic nitrogens is 2. The topological polar surface area (TPSA) is 55.1 Å². The highest BCUT2D eigenvalue weighted by atomic mass is 16.4. The van der Waals surface area contributed by atoms with Gasteiger partial charge in [0.15, 0.2) is 0 Å². The Morgan fingerprint density at radius 3 is 2.70 bits per heavy atom. The fourth-order valence-corrected chi connectivity index (χ4v) is 2.49. The van der Waals surface area contributed by atoms with Gasteiger partial charge in [-0.15, -0.1) is 0 Å². The Kier molecular flexibility index (Phi) is 2.99. The second-order valence-electron chi connectivity index (χ2n) is 4.57. The third-order valence-electron chi connectivity index (χ3n) is 3.43. The summed E-state index contributed by atoms with van der Waals surface area (Å²) in [5.74, 6) is -0.937. The lowest BCUT2D eigenvalue weighted by Gasteiger charge is -2.10. The van der Waals surface area contributed by atoms with Crippen molar-refractivity contribution in [3.05, 3.63) is 59.9 Å². The Hall–Kier alpha value is -2.62. The molecule has 4 nitrogen and oxygen atoms in total. The molecule has 0 aliphatic carbocycles. The smallest absolute Gasteiger partial charge is 0.339 e. The molecule has 1 N–H and O–H groups in total. The summed E-state index contributed by atoms with van der Waals surface area (Å²) in [6, 6.07) is 14.0. The van der Waals surface area contributed by atoms with Crippen LogP contribution in [0.15, 0.2) is 48.7 Å². The fraction of sp³-hybridized carbons (Fsp3) is 0.125. The maximum atomic E-state index is 11.2. The zero-order valence-corrected chi connectivity index (χ0v) is 11.1. The molecule has 0 fully saturated rings. The van der Waals surface area contributed by atoms with Crippen LogP contribution in [0.1, 0.15) is 23.0 Å². The van der Waals surface area contributed by atoms with Crippen molar-refractivity contribution in [2.75, 3.05) is 0 Å². The van der Waals surface area contributed by atoms with Crippen LogP contribution in [-0.2, 0) is 6.42 Å². The average Bonchev–Trinajstić information content (AvgIpc) is 2.90. The lowest BCUT2D eigenvalue weighted by molar-refractivity contribution is 0.0695. The Balaban J connectivity index is 2.29. The third-order valence-corrected chi connectivity index (χ3v) is 3.43. The predicted octanol–water partition coefficient (Wildman–Crippen LogP) is 3.29. The second-order valence-corrected chi connectivity index (χ2v) is 4.57. The molecule has 0 spiro atoms. The van der Waals surface area contributed by atoms with Crippen LogP contribution >= 0.6 is 0 Å². The molecular weight excluding hydrogens is 252 g/mol. The van der Waals surface area contributed by atoms with Crippen molar-refractivity contribution in [3.8, 4) is 5.69 Å². The summed E-state index contributed by atoms with van der Waals surface area (Å²) in [4.78, 5) is 11.2. The summed E-state index contributed by atoms with van der Waals surface area (Å²) in [5, 5.41) is 15.7. The van der Waals surface area contributed by atoms with Crippen molar-refractivity contribution in [1.29, 1.82) is 0 Å². The zero-order valence-electron chi connectivity index (χ0n) is 11.1. The van der Waals surface area contributed by atoms with Gasteiger partial charge in [-0.25, -0.2) is 9.48 Å². The van der Waals surface area contributed by atoms with Crippen molar-refractivity contribution in [2.45, 2.75) is 13.3 Å². The van der Waals surface area contributed by atoms with Crippen molar-refractivity contribution >= 4 is 16.7 Å². The van der Waals surface area contributed by atoms with E-state index in [1.165, 1.54) is 6.20 Å². The van der Waals surface area contributed by atoms with E-state index in [1.807, 2.05) is 49.4 Å². The minimum atomic E-state index is -0.937. The van der Waals surface area contributed by atoms with Gasteiger partial charge in [0, 0.05) is 5.39 Å². The maximum Gasteiger partial charge on any atom is 0.339 e. The quantitative estimate of drug-likeness (QED) is 0.791. The second kappa shape index (κ2) is 4.81. The van der Waals surface area contributed by atoms with Gasteiger partial charge >= 0.3 is 5.97 Å². The van der Waals surface area contributed by atoms with Crippen LogP contribution in [0.2, 0.25) is 0 Å². The van der Waals surface area contributed by atoms with Crippen LogP contribution in [-0.4, -0.2) is 20.9 Å². The zero-order chi connectivity index (χ0) is 14.1. The number of hydrogen-bond acceptors (Lipinski definition) is 2. The maximum absolute atomic E-state index is 11.2. The first-order valence-corrected chi connectivity index (χ1v) is 6.50. The van der Waals surface area contributed by atoms with E-state index < -0.39 is 5.97 Å². The highest BCUT2D eigenvalue weighted by molar-refractivity contribution is 5.92. The Morgan fingerprint density at radius 2 is 1.95 bits per heavy atom. The molecule has 20 heavy (non-hydrogen) atoms. The van der Waals surface area contributed by atoms with E-state index in [-0.39, 0.29) is 5.56 Å². The molecule has 0 amide bonds. The third kappa shape index (κ3) is 1.86. The summed E-state index contributed by atoms with van der Waals surface area (Å²) >= 11 is 0. The van der Waals surface area contributed by atoms with Crippen LogP contribution in [0.4, 0.5) is 0 Å². The van der Waals surface area contributed by atoms with E-state index >= 15 is 0 Å². The molecule has 3 aromatic rings. The van der Waals surface area contributed by atoms with Crippen molar-refractivity contribution < 1.29 is 9.90 Å². The minimum Gasteiger partial charge on any atom is -0.478 e. The van der Waals surface area contributed by atoms with E-state index in [9.17, 15) is 9.90 Å². The van der Waals surface area contributed by atoms with Crippen LogP contribution in [0.5, 0.6) is 0 Å². The summed E-state index contributed by atoms with van der Waals surface area (Å²) in [7, 11) is 0. The number of carbonyl (C=O) groups is 1. The molecule has 1 heterocycles. The van der Waals surface area contributed by atoms with Crippen molar-refractivity contribution in [2.24, 2.45) is 0 Å². The number of rotatable bonds is 3. The molecule has 100 valence electrons. The first-order chi connectivity index (χ1) is 9.72. The number of fused-ring (bicyclic) bond motifs is 1. The van der Waals surface area contributed by atoms with Crippen molar-refractivity contribution in [3.63, 3.8) is 0 Å². The van der Waals surface area contributed by atoms with Gasteiger partial charge in [-0.3, -0.25) is 0 Å². The molecule has 0 atom stereocenters. The molecule has 0 saturated carbocycles. The van der Waals surface area contributed by atoms with Crippen molar-refractivity contribution in [1.82, 2.24) is 9.78 Å². The summed E-state index contributed by atoms with van der Waals surface area (Å²) in [6.45, 7) is 1.94. The molecule has 0 radical (unpaired) electrons. The molecular formula is C16H14N2O2. The van der Waals surface area contributed by atoms with Gasteiger partial charge in [-0.2, -0.15) is 5.10 Å². The van der Waals surface area contributed by atoms with Gasteiger partial charge in [0.1, 0.15) is 5.56 Å². The molecule has 0 saturated heterocycles. The molecule has 0 aliphatic heterocycles. The molecule has 0 unspecified atom stereocenters. The molecule has 2 aromatic carbocycles. The fourth-order valence-electron chi connectivity index (χ4n) is 2.49. The largest absolute Gasteiger partial charge is 0.478 e. The number of carboxylic acid groups (broad SMARTS) is 1. The first kappa shape index (κ1) is 12.4. The van der Waals surface area contributed by atoms with Crippen LogP contribution in [0, 0.1) is 0 Å². The van der Waals surface area contributed by atoms with E-state index in [0.29, 0.717) is 12.1 Å². The molecule has 3 rings (SSSR count).